The Hall–Kier alpha value is -2.03. The highest BCUT2D eigenvalue weighted by atomic mass is 16.7. The van der Waals surface area contributed by atoms with E-state index in [0.29, 0.717) is 0 Å². The summed E-state index contributed by atoms with van der Waals surface area (Å²) < 4.78 is 11.5. The third-order valence-corrected chi connectivity index (χ3v) is 5.41. The highest BCUT2D eigenvalue weighted by Gasteiger charge is 2.71. The first-order chi connectivity index (χ1) is 11.4. The molecular formula is C21H29NO2. The van der Waals surface area contributed by atoms with Crippen molar-refractivity contribution in [1.29, 1.82) is 0 Å². The maximum absolute atomic E-state index is 5.84. The van der Waals surface area contributed by atoms with Gasteiger partial charge in [-0.15, -0.1) is 0 Å². The van der Waals surface area contributed by atoms with Gasteiger partial charge >= 0.3 is 0 Å². The van der Waals surface area contributed by atoms with Gasteiger partial charge in [0.15, 0.2) is 11.5 Å². The molecular weight excluding hydrogens is 298 g/mol. The van der Waals surface area contributed by atoms with E-state index in [0.717, 1.165) is 35.5 Å². The lowest BCUT2D eigenvalue weighted by Gasteiger charge is -2.21. The third-order valence-electron chi connectivity index (χ3n) is 5.41. The zero-order chi connectivity index (χ0) is 18.0. The lowest BCUT2D eigenvalue weighted by molar-refractivity contribution is 0.0961. The second kappa shape index (κ2) is 6.84. The largest absolute Gasteiger partial charge is 0.454 e. The Morgan fingerprint density at radius 2 is 1.96 bits per heavy atom. The van der Waals surface area contributed by atoms with Crippen LogP contribution in [0.2, 0.25) is 0 Å². The molecule has 130 valence electrons. The van der Waals surface area contributed by atoms with Crippen LogP contribution in [0.3, 0.4) is 0 Å². The fraction of sp³-hybridized carbons (Fsp3) is 0.476. The quantitative estimate of drug-likeness (QED) is 0.367. The molecule has 1 heterocycles. The molecule has 2 atom stereocenters. The van der Waals surface area contributed by atoms with Crippen molar-refractivity contribution in [2.75, 3.05) is 6.79 Å². The summed E-state index contributed by atoms with van der Waals surface area (Å²) in [7, 11) is 0. The zero-order valence-corrected chi connectivity index (χ0v) is 15.6. The van der Waals surface area contributed by atoms with E-state index >= 15 is 0 Å². The first-order valence-electron chi connectivity index (χ1n) is 8.63. The summed E-state index contributed by atoms with van der Waals surface area (Å²) in [4.78, 5) is 4.80. The van der Waals surface area contributed by atoms with Crippen molar-refractivity contribution >= 4 is 6.21 Å². The SMILES string of the molecule is C=C/C=C(C)/C=C1/OCO/C1=C(/C)C1(CC)C(=C)C1(CC)/N=C/C. The van der Waals surface area contributed by atoms with E-state index in [2.05, 4.69) is 33.9 Å². The van der Waals surface area contributed by atoms with E-state index in [4.69, 9.17) is 14.5 Å². The lowest BCUT2D eigenvalue weighted by atomic mass is 9.86. The molecule has 3 heteroatoms. The van der Waals surface area contributed by atoms with Crippen LogP contribution >= 0.6 is 0 Å². The van der Waals surface area contributed by atoms with Gasteiger partial charge in [-0.1, -0.05) is 39.2 Å². The fourth-order valence-corrected chi connectivity index (χ4v) is 4.22. The maximum Gasteiger partial charge on any atom is 0.231 e. The number of aliphatic imine (C=N–C) groups is 1. The van der Waals surface area contributed by atoms with Gasteiger partial charge in [0.05, 0.1) is 5.54 Å². The number of allylic oxidation sites excluding steroid dienone is 4. The number of hydrogen-bond donors (Lipinski definition) is 0. The van der Waals surface area contributed by atoms with E-state index in [9.17, 15) is 0 Å². The van der Waals surface area contributed by atoms with Gasteiger partial charge in [0.1, 0.15) is 0 Å². The topological polar surface area (TPSA) is 30.8 Å². The first-order valence-corrected chi connectivity index (χ1v) is 8.63. The fourth-order valence-electron chi connectivity index (χ4n) is 4.22. The van der Waals surface area contributed by atoms with Gasteiger partial charge in [-0.25, -0.2) is 0 Å². The summed E-state index contributed by atoms with van der Waals surface area (Å²) in [6.07, 6.45) is 9.49. The van der Waals surface area contributed by atoms with E-state index in [1.54, 1.807) is 6.08 Å². The van der Waals surface area contributed by atoms with Crippen molar-refractivity contribution in [3.63, 3.8) is 0 Å². The zero-order valence-electron chi connectivity index (χ0n) is 15.6. The van der Waals surface area contributed by atoms with Crippen molar-refractivity contribution in [3.8, 4) is 0 Å². The van der Waals surface area contributed by atoms with Crippen LogP contribution in [0.25, 0.3) is 0 Å². The van der Waals surface area contributed by atoms with E-state index in [-0.39, 0.29) is 17.7 Å². The van der Waals surface area contributed by atoms with Gasteiger partial charge in [0, 0.05) is 5.41 Å². The molecule has 1 saturated carbocycles. The van der Waals surface area contributed by atoms with E-state index < -0.39 is 0 Å². The van der Waals surface area contributed by atoms with Gasteiger partial charge in [-0.3, -0.25) is 4.99 Å². The molecule has 2 rings (SSSR count). The molecule has 3 nitrogen and oxygen atoms in total. The molecule has 0 aromatic carbocycles. The van der Waals surface area contributed by atoms with Gasteiger partial charge in [-0.2, -0.15) is 0 Å². The van der Waals surface area contributed by atoms with E-state index in [1.165, 1.54) is 5.57 Å². The molecule has 0 radical (unpaired) electrons. The van der Waals surface area contributed by atoms with Crippen molar-refractivity contribution in [1.82, 2.24) is 0 Å². The average Bonchev–Trinajstić information content (AvgIpc) is 2.85. The van der Waals surface area contributed by atoms with Gasteiger partial charge in [0.25, 0.3) is 0 Å². The number of hydrogen-bond acceptors (Lipinski definition) is 3. The molecule has 0 spiro atoms. The number of ether oxygens (including phenoxy) is 2. The molecule has 1 saturated heterocycles. The van der Waals surface area contributed by atoms with Crippen molar-refractivity contribution in [3.05, 3.63) is 59.6 Å². The Balaban J connectivity index is 2.53. The second-order valence-electron chi connectivity index (χ2n) is 6.35. The van der Waals surface area contributed by atoms with Gasteiger partial charge < -0.3 is 9.47 Å². The highest BCUT2D eigenvalue weighted by Crippen LogP contribution is 2.71. The van der Waals surface area contributed by atoms with Gasteiger partial charge in [0.2, 0.25) is 6.79 Å². The Bertz CT molecular complexity index is 665. The minimum absolute atomic E-state index is 0.146. The summed E-state index contributed by atoms with van der Waals surface area (Å²) in [5.74, 6) is 1.61. The average molecular weight is 327 g/mol. The Labute approximate surface area is 146 Å². The molecule has 0 amide bonds. The molecule has 0 aromatic heterocycles. The molecule has 2 fully saturated rings. The minimum Gasteiger partial charge on any atom is -0.454 e. The molecule has 24 heavy (non-hydrogen) atoms. The number of rotatable bonds is 6. The smallest absolute Gasteiger partial charge is 0.231 e. The molecule has 0 N–H and O–H groups in total. The normalized spacial score (nSPS) is 33.6. The highest BCUT2D eigenvalue weighted by molar-refractivity contribution is 5.66. The molecule has 2 aliphatic rings. The third kappa shape index (κ3) is 2.47. The second-order valence-corrected chi connectivity index (χ2v) is 6.35. The van der Waals surface area contributed by atoms with Crippen molar-refractivity contribution in [2.24, 2.45) is 10.4 Å². The van der Waals surface area contributed by atoms with Crippen LogP contribution in [0, 0.1) is 5.41 Å². The minimum atomic E-state index is -0.212. The Morgan fingerprint density at radius 1 is 1.25 bits per heavy atom. The van der Waals surface area contributed by atoms with Crippen LogP contribution in [0.1, 0.15) is 47.5 Å². The monoisotopic (exact) mass is 327 g/mol. The van der Waals surface area contributed by atoms with Crippen LogP contribution in [0.5, 0.6) is 0 Å². The Kier molecular flexibility index (Phi) is 5.22. The summed E-state index contributed by atoms with van der Waals surface area (Å²) in [5.41, 5.74) is 3.06. The summed E-state index contributed by atoms with van der Waals surface area (Å²) in [6.45, 7) is 18.8. The number of nitrogens with zero attached hydrogens (tertiary/aromatic N) is 1. The van der Waals surface area contributed by atoms with Crippen molar-refractivity contribution in [2.45, 2.75) is 53.0 Å². The van der Waals surface area contributed by atoms with Crippen LogP contribution in [0.4, 0.5) is 0 Å². The summed E-state index contributed by atoms with van der Waals surface area (Å²) in [6, 6.07) is 0. The van der Waals surface area contributed by atoms with E-state index in [1.807, 2.05) is 32.2 Å². The van der Waals surface area contributed by atoms with Crippen LogP contribution < -0.4 is 0 Å². The summed E-state index contributed by atoms with van der Waals surface area (Å²) in [5, 5.41) is 0. The van der Waals surface area contributed by atoms with Crippen molar-refractivity contribution < 1.29 is 9.47 Å². The van der Waals surface area contributed by atoms with Crippen LogP contribution in [0.15, 0.2) is 64.6 Å². The standard InChI is InChI=1S/C21H29NO2/c1-8-12-15(5)13-18-19(24-14-23-18)16(6)20(9-2)17(7)21(20,10-3)22-11-4/h8,11-13H,1,7,9-10,14H2,2-6H3/b15-12+,18-13+,19-16-,22-11+. The molecule has 2 unspecified atom stereocenters. The first kappa shape index (κ1) is 18.3. The molecule has 0 aromatic rings. The van der Waals surface area contributed by atoms with Crippen LogP contribution in [-0.2, 0) is 9.47 Å². The lowest BCUT2D eigenvalue weighted by Crippen LogP contribution is -2.20. The molecule has 1 aliphatic heterocycles. The van der Waals surface area contributed by atoms with Gasteiger partial charge in [-0.05, 0) is 62.6 Å². The summed E-state index contributed by atoms with van der Waals surface area (Å²) >= 11 is 0. The maximum atomic E-state index is 5.84. The Morgan fingerprint density at radius 3 is 2.50 bits per heavy atom. The molecule has 1 aliphatic carbocycles. The predicted molar refractivity (Wildman–Crippen MR) is 101 cm³/mol. The molecule has 0 bridgehead atoms. The predicted octanol–water partition coefficient (Wildman–Crippen LogP) is 5.49. The van der Waals surface area contributed by atoms with Crippen LogP contribution in [-0.4, -0.2) is 18.5 Å².